The highest BCUT2D eigenvalue weighted by Crippen LogP contribution is 2.24. The van der Waals surface area contributed by atoms with Gasteiger partial charge in [-0.2, -0.15) is 0 Å². The van der Waals surface area contributed by atoms with Crippen LogP contribution in [-0.2, 0) is 6.67 Å². The molecule has 0 N–H and O–H groups in total. The number of benzene rings is 2. The number of Topliss-reactive ketones (excluding diaryl/α,β-unsaturated/α-hetero) is 1. The molecule has 0 aliphatic carbocycles. The molecule has 0 atom stereocenters. The zero-order valence-electron chi connectivity index (χ0n) is 17.9. The minimum atomic E-state index is 0.0685. The van der Waals surface area contributed by atoms with Crippen LogP contribution in [0.5, 0.6) is 11.5 Å². The van der Waals surface area contributed by atoms with Crippen LogP contribution in [0, 0.1) is 10.7 Å². The Morgan fingerprint density at radius 1 is 1.00 bits per heavy atom. The Kier molecular flexibility index (Phi) is 6.53. The van der Waals surface area contributed by atoms with E-state index in [9.17, 15) is 4.79 Å². The lowest BCUT2D eigenvalue weighted by molar-refractivity contribution is 0.0810. The van der Waals surface area contributed by atoms with E-state index in [2.05, 4.69) is 9.47 Å². The largest absolute Gasteiger partial charge is 0.497 e. The van der Waals surface area contributed by atoms with Crippen molar-refractivity contribution in [1.82, 2.24) is 14.0 Å². The number of carbonyl (C=O) groups is 1. The second-order valence-electron chi connectivity index (χ2n) is 7.75. The maximum Gasteiger partial charge on any atom is 0.185 e. The van der Waals surface area contributed by atoms with E-state index in [0.717, 1.165) is 60.1 Å². The van der Waals surface area contributed by atoms with Crippen LogP contribution in [0.3, 0.4) is 0 Å². The van der Waals surface area contributed by atoms with Crippen molar-refractivity contribution < 1.29 is 14.3 Å². The minimum absolute atomic E-state index is 0.0685. The first kappa shape index (κ1) is 21.3. The third-order valence-corrected chi connectivity index (χ3v) is 6.30. The highest BCUT2D eigenvalue weighted by atomic mass is 32.1. The molecule has 1 aliphatic rings. The van der Waals surface area contributed by atoms with Crippen LogP contribution < -0.4 is 9.47 Å². The number of aromatic nitrogens is 2. The Balaban J connectivity index is 1.37. The zero-order valence-corrected chi connectivity index (χ0v) is 18.7. The lowest BCUT2D eigenvalue weighted by Crippen LogP contribution is -2.37. The standard InChI is InChI=1S/C24H27N3O3S/c1-29-21-8-6-18(7-9-21)23(28)19-10-12-25(13-11-19)17-26-14-15-27(24(26)31)20-4-3-5-22(16-20)30-2/h3-9,14-16,19H,10-13,17H2,1-2H3. The van der Waals surface area contributed by atoms with Gasteiger partial charge < -0.3 is 14.0 Å². The number of rotatable bonds is 7. The Hall–Kier alpha value is -2.90. The summed E-state index contributed by atoms with van der Waals surface area (Å²) in [7, 11) is 3.29. The van der Waals surface area contributed by atoms with Gasteiger partial charge in [-0.25, -0.2) is 0 Å². The van der Waals surface area contributed by atoms with Crippen molar-refractivity contribution in [2.75, 3.05) is 27.3 Å². The summed E-state index contributed by atoms with van der Waals surface area (Å²) in [5.74, 6) is 1.86. The fourth-order valence-corrected chi connectivity index (χ4v) is 4.31. The molecule has 1 fully saturated rings. The van der Waals surface area contributed by atoms with Crippen molar-refractivity contribution in [3.8, 4) is 17.2 Å². The highest BCUT2D eigenvalue weighted by Gasteiger charge is 2.26. The fourth-order valence-electron chi connectivity index (χ4n) is 4.02. The van der Waals surface area contributed by atoms with Crippen molar-refractivity contribution in [1.29, 1.82) is 0 Å². The second-order valence-corrected chi connectivity index (χ2v) is 8.11. The van der Waals surface area contributed by atoms with Gasteiger partial charge in [-0.1, -0.05) is 6.07 Å². The molecule has 0 spiro atoms. The number of ether oxygens (including phenoxy) is 2. The third kappa shape index (κ3) is 4.73. The smallest absolute Gasteiger partial charge is 0.185 e. The van der Waals surface area contributed by atoms with Gasteiger partial charge in [0.1, 0.15) is 11.5 Å². The lowest BCUT2D eigenvalue weighted by atomic mass is 9.89. The molecule has 2 aromatic carbocycles. The van der Waals surface area contributed by atoms with E-state index in [4.69, 9.17) is 21.7 Å². The summed E-state index contributed by atoms with van der Waals surface area (Å²) in [6.07, 6.45) is 5.71. The molecule has 6 nitrogen and oxygen atoms in total. The van der Waals surface area contributed by atoms with Gasteiger partial charge in [-0.05, 0) is 61.5 Å². The average molecular weight is 438 g/mol. The van der Waals surface area contributed by atoms with Gasteiger partial charge in [0.15, 0.2) is 10.6 Å². The Morgan fingerprint density at radius 3 is 2.39 bits per heavy atom. The molecule has 3 aromatic rings. The average Bonchev–Trinajstić information content (AvgIpc) is 3.19. The van der Waals surface area contributed by atoms with Crippen LogP contribution in [0.1, 0.15) is 23.2 Å². The molecule has 31 heavy (non-hydrogen) atoms. The van der Waals surface area contributed by atoms with Crippen molar-refractivity contribution in [2.24, 2.45) is 5.92 Å². The summed E-state index contributed by atoms with van der Waals surface area (Å²) >= 11 is 5.70. The molecule has 1 aliphatic heterocycles. The van der Waals surface area contributed by atoms with Gasteiger partial charge >= 0.3 is 0 Å². The van der Waals surface area contributed by atoms with Crippen LogP contribution in [0.15, 0.2) is 60.9 Å². The van der Waals surface area contributed by atoms with Gasteiger partial charge in [0.05, 0.1) is 26.6 Å². The highest BCUT2D eigenvalue weighted by molar-refractivity contribution is 7.71. The van der Waals surface area contributed by atoms with Crippen molar-refractivity contribution >= 4 is 18.0 Å². The number of carbonyl (C=O) groups excluding carboxylic acids is 1. The summed E-state index contributed by atoms with van der Waals surface area (Å²) in [4.78, 5) is 15.2. The molecule has 4 rings (SSSR count). The van der Waals surface area contributed by atoms with Crippen molar-refractivity contribution in [3.63, 3.8) is 0 Å². The van der Waals surface area contributed by atoms with E-state index in [-0.39, 0.29) is 11.7 Å². The van der Waals surface area contributed by atoms with Gasteiger partial charge in [-0.15, -0.1) is 0 Å². The summed E-state index contributed by atoms with van der Waals surface area (Å²) in [6, 6.07) is 15.3. The maximum atomic E-state index is 12.8. The molecule has 0 unspecified atom stereocenters. The molecule has 0 saturated carbocycles. The predicted molar refractivity (Wildman–Crippen MR) is 123 cm³/mol. The van der Waals surface area contributed by atoms with Crippen LogP contribution >= 0.6 is 12.2 Å². The van der Waals surface area contributed by atoms with E-state index in [1.807, 2.05) is 65.5 Å². The second kappa shape index (κ2) is 9.49. The topological polar surface area (TPSA) is 48.6 Å². The first-order valence-corrected chi connectivity index (χ1v) is 10.8. The minimum Gasteiger partial charge on any atom is -0.497 e. The molecule has 0 amide bonds. The number of ketones is 1. The predicted octanol–water partition coefficient (Wildman–Crippen LogP) is 4.58. The summed E-state index contributed by atoms with van der Waals surface area (Å²) < 4.78 is 15.3. The molecular weight excluding hydrogens is 410 g/mol. The summed E-state index contributed by atoms with van der Waals surface area (Å²) in [6.45, 7) is 2.47. The van der Waals surface area contributed by atoms with Crippen molar-refractivity contribution in [2.45, 2.75) is 19.5 Å². The van der Waals surface area contributed by atoms with E-state index in [1.165, 1.54) is 0 Å². The SMILES string of the molecule is COc1ccc(C(=O)C2CCN(Cn3ccn(-c4cccc(OC)c4)c3=S)CC2)cc1. The monoisotopic (exact) mass is 437 g/mol. The Bertz CT molecular complexity index is 1100. The van der Waals surface area contributed by atoms with Gasteiger partial charge in [0, 0.05) is 43.0 Å². The van der Waals surface area contributed by atoms with E-state index in [1.54, 1.807) is 14.2 Å². The summed E-state index contributed by atoms with van der Waals surface area (Å²) in [5.41, 5.74) is 1.74. The molecule has 1 aromatic heterocycles. The van der Waals surface area contributed by atoms with Crippen LogP contribution in [0.4, 0.5) is 0 Å². The van der Waals surface area contributed by atoms with E-state index >= 15 is 0 Å². The summed E-state index contributed by atoms with van der Waals surface area (Å²) in [5, 5.41) is 0. The number of likely N-dealkylation sites (tertiary alicyclic amines) is 1. The lowest BCUT2D eigenvalue weighted by Gasteiger charge is -2.31. The number of nitrogens with zero attached hydrogens (tertiary/aromatic N) is 3. The molecule has 2 heterocycles. The quantitative estimate of drug-likeness (QED) is 0.400. The fraction of sp³-hybridized carbons (Fsp3) is 0.333. The number of methoxy groups -OCH3 is 2. The van der Waals surface area contributed by atoms with Crippen LogP contribution in [-0.4, -0.2) is 47.1 Å². The molecule has 0 radical (unpaired) electrons. The number of hydrogen-bond acceptors (Lipinski definition) is 5. The van der Waals surface area contributed by atoms with E-state index < -0.39 is 0 Å². The Morgan fingerprint density at radius 2 is 1.71 bits per heavy atom. The molecule has 1 saturated heterocycles. The van der Waals surface area contributed by atoms with Crippen LogP contribution in [0.2, 0.25) is 0 Å². The first-order chi connectivity index (χ1) is 15.1. The number of hydrogen-bond donors (Lipinski definition) is 0. The first-order valence-electron chi connectivity index (χ1n) is 10.4. The van der Waals surface area contributed by atoms with Gasteiger partial charge in [0.2, 0.25) is 0 Å². The number of piperidine rings is 1. The van der Waals surface area contributed by atoms with Gasteiger partial charge in [-0.3, -0.25) is 14.3 Å². The molecular formula is C24H27N3O3S. The van der Waals surface area contributed by atoms with E-state index in [0.29, 0.717) is 0 Å². The third-order valence-electron chi connectivity index (χ3n) is 5.86. The number of imidazole rings is 1. The zero-order chi connectivity index (χ0) is 21.8. The molecule has 7 heteroatoms. The van der Waals surface area contributed by atoms with Gasteiger partial charge in [0.25, 0.3) is 0 Å². The van der Waals surface area contributed by atoms with Crippen LogP contribution in [0.25, 0.3) is 5.69 Å². The Labute approximate surface area is 187 Å². The maximum absolute atomic E-state index is 12.8. The van der Waals surface area contributed by atoms with Crippen molar-refractivity contribution in [3.05, 3.63) is 71.3 Å². The normalized spacial score (nSPS) is 15.0. The molecule has 162 valence electrons. The molecule has 0 bridgehead atoms.